The number of nitrogens with zero attached hydrogens (tertiary/aromatic N) is 1. The van der Waals surface area contributed by atoms with Crippen molar-refractivity contribution in [2.45, 2.75) is 6.42 Å². The van der Waals surface area contributed by atoms with Gasteiger partial charge in [0.15, 0.2) is 11.6 Å². The Hall–Kier alpha value is -1.33. The van der Waals surface area contributed by atoms with Crippen LogP contribution in [0.25, 0.3) is 0 Å². The first-order valence-corrected chi connectivity index (χ1v) is 5.42. The molecule has 0 aromatic heterocycles. The fraction of sp³-hybridized carbons (Fsp3) is 0.417. The van der Waals surface area contributed by atoms with Gasteiger partial charge < -0.3 is 15.4 Å². The molecule has 4 nitrogen and oxygen atoms in total. The maximum Gasteiger partial charge on any atom is 0.165 e. The maximum absolute atomic E-state index is 13.5. The van der Waals surface area contributed by atoms with E-state index in [-0.39, 0.29) is 24.0 Å². The van der Waals surface area contributed by atoms with Gasteiger partial charge >= 0.3 is 0 Å². The highest BCUT2D eigenvalue weighted by Gasteiger charge is 2.06. The van der Waals surface area contributed by atoms with Crippen molar-refractivity contribution in [3.63, 3.8) is 0 Å². The van der Waals surface area contributed by atoms with Crippen LogP contribution in [0.3, 0.4) is 0 Å². The summed E-state index contributed by atoms with van der Waals surface area (Å²) in [6.45, 7) is 1.36. The van der Waals surface area contributed by atoms with E-state index in [1.54, 1.807) is 6.07 Å². The second-order valence-corrected chi connectivity index (χ2v) is 4.06. The summed E-state index contributed by atoms with van der Waals surface area (Å²) < 4.78 is 18.8. The van der Waals surface area contributed by atoms with Crippen LogP contribution in [-0.2, 0) is 0 Å². The van der Waals surface area contributed by atoms with E-state index in [1.165, 1.54) is 12.1 Å². The van der Waals surface area contributed by atoms with Gasteiger partial charge in [-0.1, -0.05) is 0 Å². The molecule has 1 aromatic rings. The molecule has 0 atom stereocenters. The molecule has 0 radical (unpaired) electrons. The third kappa shape index (κ3) is 5.33. The van der Waals surface area contributed by atoms with E-state index in [9.17, 15) is 4.39 Å². The van der Waals surface area contributed by atoms with E-state index in [0.29, 0.717) is 12.2 Å². The molecular weight excluding hydrogens is 257 g/mol. The van der Waals surface area contributed by atoms with Gasteiger partial charge in [-0.3, -0.25) is 5.41 Å². The van der Waals surface area contributed by atoms with Crippen molar-refractivity contribution in [1.82, 2.24) is 4.90 Å². The largest absolute Gasteiger partial charge is 0.490 e. The second-order valence-electron chi connectivity index (χ2n) is 4.06. The Morgan fingerprint density at radius 2 is 2.11 bits per heavy atom. The molecule has 18 heavy (non-hydrogen) atoms. The van der Waals surface area contributed by atoms with Crippen molar-refractivity contribution in [2.75, 3.05) is 27.2 Å². The number of benzene rings is 1. The number of amidine groups is 1. The van der Waals surface area contributed by atoms with Crippen LogP contribution in [0.4, 0.5) is 4.39 Å². The predicted octanol–water partition coefficient (Wildman–Crippen LogP) is 1.86. The molecule has 0 bridgehead atoms. The number of nitrogen functional groups attached to an aromatic ring is 1. The first-order valence-electron chi connectivity index (χ1n) is 5.42. The topological polar surface area (TPSA) is 62.3 Å². The Morgan fingerprint density at radius 3 is 2.61 bits per heavy atom. The average Bonchev–Trinajstić information content (AvgIpc) is 2.25. The zero-order valence-electron chi connectivity index (χ0n) is 10.6. The average molecular weight is 276 g/mol. The van der Waals surface area contributed by atoms with E-state index in [4.69, 9.17) is 15.9 Å². The molecule has 0 aliphatic heterocycles. The Labute approximate surface area is 113 Å². The first-order chi connectivity index (χ1) is 8.00. The highest BCUT2D eigenvalue weighted by molar-refractivity contribution is 5.95. The van der Waals surface area contributed by atoms with Crippen LogP contribution >= 0.6 is 12.4 Å². The van der Waals surface area contributed by atoms with Crippen molar-refractivity contribution in [1.29, 1.82) is 5.41 Å². The number of ether oxygens (including phenoxy) is 1. The minimum Gasteiger partial charge on any atom is -0.490 e. The van der Waals surface area contributed by atoms with Crippen LogP contribution in [0.5, 0.6) is 5.75 Å². The van der Waals surface area contributed by atoms with E-state index in [2.05, 4.69) is 0 Å². The Balaban J connectivity index is 0.00000289. The molecule has 0 heterocycles. The number of nitrogens with one attached hydrogen (secondary N) is 1. The quantitative estimate of drug-likeness (QED) is 0.473. The van der Waals surface area contributed by atoms with E-state index < -0.39 is 5.82 Å². The molecular formula is C12H19ClFN3O. The van der Waals surface area contributed by atoms with Crippen LogP contribution in [0.2, 0.25) is 0 Å². The molecule has 0 aliphatic carbocycles. The molecule has 0 saturated carbocycles. The number of hydrogen-bond acceptors (Lipinski definition) is 3. The third-order valence-electron chi connectivity index (χ3n) is 2.25. The fourth-order valence-corrected chi connectivity index (χ4v) is 1.35. The van der Waals surface area contributed by atoms with Crippen LogP contribution in [-0.4, -0.2) is 38.0 Å². The van der Waals surface area contributed by atoms with Crippen molar-refractivity contribution in [2.24, 2.45) is 5.73 Å². The maximum atomic E-state index is 13.5. The van der Waals surface area contributed by atoms with Gasteiger partial charge in [0, 0.05) is 12.1 Å². The summed E-state index contributed by atoms with van der Waals surface area (Å²) in [7, 11) is 3.95. The molecule has 0 amide bonds. The fourth-order valence-electron chi connectivity index (χ4n) is 1.35. The molecule has 0 spiro atoms. The minimum atomic E-state index is -0.484. The lowest BCUT2D eigenvalue weighted by Gasteiger charge is -2.11. The zero-order chi connectivity index (χ0) is 12.8. The lowest BCUT2D eigenvalue weighted by atomic mass is 10.2. The molecule has 102 valence electrons. The summed E-state index contributed by atoms with van der Waals surface area (Å²) in [4.78, 5) is 2.04. The minimum absolute atomic E-state index is 0. The van der Waals surface area contributed by atoms with Crippen LogP contribution in [0.1, 0.15) is 12.0 Å². The Kier molecular flexibility index (Phi) is 7.31. The summed E-state index contributed by atoms with van der Waals surface area (Å²) in [5.41, 5.74) is 5.62. The first kappa shape index (κ1) is 16.7. The van der Waals surface area contributed by atoms with E-state index in [1.807, 2.05) is 19.0 Å². The summed E-state index contributed by atoms with van der Waals surface area (Å²) in [5, 5.41) is 7.18. The summed E-state index contributed by atoms with van der Waals surface area (Å²) in [6.07, 6.45) is 0.834. The zero-order valence-corrected chi connectivity index (χ0v) is 11.4. The van der Waals surface area contributed by atoms with Crippen LogP contribution in [0, 0.1) is 11.2 Å². The molecule has 0 aliphatic rings. The summed E-state index contributed by atoms with van der Waals surface area (Å²) in [6, 6.07) is 4.29. The third-order valence-corrected chi connectivity index (χ3v) is 2.25. The number of hydrogen-bond donors (Lipinski definition) is 2. The smallest absolute Gasteiger partial charge is 0.165 e. The summed E-state index contributed by atoms with van der Waals surface area (Å²) in [5.74, 6) is -0.431. The molecule has 0 unspecified atom stereocenters. The number of rotatable bonds is 6. The summed E-state index contributed by atoms with van der Waals surface area (Å²) >= 11 is 0. The normalized spacial score (nSPS) is 10.0. The Morgan fingerprint density at radius 1 is 1.44 bits per heavy atom. The SMILES string of the molecule is CN(C)CCCOc1ccc(C(=N)N)cc1F.Cl. The van der Waals surface area contributed by atoms with E-state index >= 15 is 0 Å². The number of halogens is 2. The van der Waals surface area contributed by atoms with Gasteiger partial charge in [-0.25, -0.2) is 4.39 Å². The van der Waals surface area contributed by atoms with Crippen molar-refractivity contribution in [3.05, 3.63) is 29.6 Å². The van der Waals surface area contributed by atoms with Gasteiger partial charge in [0.1, 0.15) is 5.84 Å². The van der Waals surface area contributed by atoms with Gasteiger partial charge in [0.25, 0.3) is 0 Å². The monoisotopic (exact) mass is 275 g/mol. The van der Waals surface area contributed by atoms with Gasteiger partial charge in [0.2, 0.25) is 0 Å². The highest BCUT2D eigenvalue weighted by atomic mass is 35.5. The lowest BCUT2D eigenvalue weighted by Crippen LogP contribution is -2.16. The standard InChI is InChI=1S/C12H18FN3O.ClH/c1-16(2)6-3-7-17-11-5-4-9(12(14)15)8-10(11)13;/h4-5,8H,3,6-7H2,1-2H3,(H3,14,15);1H. The van der Waals surface area contributed by atoms with Gasteiger partial charge in [-0.15, -0.1) is 12.4 Å². The van der Waals surface area contributed by atoms with Gasteiger partial charge in [-0.2, -0.15) is 0 Å². The lowest BCUT2D eigenvalue weighted by molar-refractivity contribution is 0.271. The Bertz CT molecular complexity index is 399. The molecule has 0 fully saturated rings. The van der Waals surface area contributed by atoms with Crippen molar-refractivity contribution >= 4 is 18.2 Å². The van der Waals surface area contributed by atoms with Gasteiger partial charge in [-0.05, 0) is 38.7 Å². The van der Waals surface area contributed by atoms with Gasteiger partial charge in [0.05, 0.1) is 6.61 Å². The van der Waals surface area contributed by atoms with E-state index in [0.717, 1.165) is 13.0 Å². The second kappa shape index (κ2) is 7.89. The molecule has 3 N–H and O–H groups in total. The molecule has 6 heteroatoms. The van der Waals surface area contributed by atoms with Crippen molar-refractivity contribution in [3.8, 4) is 5.75 Å². The highest BCUT2D eigenvalue weighted by Crippen LogP contribution is 2.18. The van der Waals surface area contributed by atoms with Crippen LogP contribution < -0.4 is 10.5 Å². The van der Waals surface area contributed by atoms with Crippen LogP contribution in [0.15, 0.2) is 18.2 Å². The van der Waals surface area contributed by atoms with Crippen molar-refractivity contribution < 1.29 is 9.13 Å². The molecule has 1 aromatic carbocycles. The molecule has 0 saturated heterocycles. The number of nitrogens with two attached hydrogens (primary N) is 1. The molecule has 1 rings (SSSR count). The predicted molar refractivity (Wildman–Crippen MR) is 73.3 cm³/mol.